The summed E-state index contributed by atoms with van der Waals surface area (Å²) in [5.74, 6) is -1.90. The second-order valence-electron chi connectivity index (χ2n) is 4.10. The van der Waals surface area contributed by atoms with Gasteiger partial charge in [-0.3, -0.25) is 0 Å². The lowest BCUT2D eigenvalue weighted by Gasteiger charge is -2.02. The van der Waals surface area contributed by atoms with Gasteiger partial charge in [0, 0.05) is 12.1 Å². The van der Waals surface area contributed by atoms with Crippen molar-refractivity contribution in [2.24, 2.45) is 0 Å². The molecule has 0 aliphatic carbocycles. The molecule has 3 heterocycles. The number of aromatic carboxylic acids is 1. The van der Waals surface area contributed by atoms with Crippen LogP contribution in [0.2, 0.25) is 0 Å². The van der Waals surface area contributed by atoms with Gasteiger partial charge in [0.05, 0.1) is 12.0 Å². The zero-order chi connectivity index (χ0) is 15.0. The second-order valence-corrected chi connectivity index (χ2v) is 5.05. The maximum atomic E-state index is 11.6. The Morgan fingerprint density at radius 1 is 1.38 bits per heavy atom. The number of carboxylic acid groups (broad SMARTS) is 1. The van der Waals surface area contributed by atoms with Crippen molar-refractivity contribution >= 4 is 28.9 Å². The van der Waals surface area contributed by atoms with Gasteiger partial charge in [0.1, 0.15) is 5.69 Å². The number of hydrogen-bond acceptors (Lipinski definition) is 6. The molecule has 3 aromatic heterocycles. The molecule has 0 unspecified atom stereocenters. The number of esters is 1. The highest BCUT2D eigenvalue weighted by atomic mass is 32.1. The van der Waals surface area contributed by atoms with Crippen LogP contribution in [0.5, 0.6) is 0 Å². The van der Waals surface area contributed by atoms with Crippen LogP contribution in [0.15, 0.2) is 29.6 Å². The molecule has 0 aliphatic heterocycles. The van der Waals surface area contributed by atoms with Crippen molar-refractivity contribution in [1.29, 1.82) is 0 Å². The average molecular weight is 303 g/mol. The second kappa shape index (κ2) is 4.98. The summed E-state index contributed by atoms with van der Waals surface area (Å²) in [6, 6.07) is 6.51. The fourth-order valence-corrected chi connectivity index (χ4v) is 2.56. The zero-order valence-corrected chi connectivity index (χ0v) is 11.6. The van der Waals surface area contributed by atoms with Crippen LogP contribution in [0.4, 0.5) is 0 Å². The minimum Gasteiger partial charge on any atom is -0.477 e. The minimum atomic E-state index is -1.20. The molecule has 0 spiro atoms. The van der Waals surface area contributed by atoms with E-state index in [0.717, 1.165) is 10.9 Å². The summed E-state index contributed by atoms with van der Waals surface area (Å²) in [7, 11) is 1.21. The summed E-state index contributed by atoms with van der Waals surface area (Å²) in [5.41, 5.74) is 0.656. The maximum absolute atomic E-state index is 11.6. The van der Waals surface area contributed by atoms with E-state index in [4.69, 9.17) is 0 Å². The molecule has 0 amide bonds. The Hall–Kier alpha value is -2.74. The molecule has 0 aliphatic rings. The molecule has 0 fully saturated rings. The molecule has 8 heteroatoms. The third-order valence-electron chi connectivity index (χ3n) is 2.81. The zero-order valence-electron chi connectivity index (χ0n) is 10.8. The molecular weight excluding hydrogens is 294 g/mol. The predicted octanol–water partition coefficient (Wildman–Crippen LogP) is 1.94. The van der Waals surface area contributed by atoms with Crippen LogP contribution >= 0.6 is 11.3 Å². The number of hydrogen-bond donors (Lipinski definition) is 1. The van der Waals surface area contributed by atoms with E-state index in [2.05, 4.69) is 14.8 Å². The molecule has 21 heavy (non-hydrogen) atoms. The summed E-state index contributed by atoms with van der Waals surface area (Å²) >= 11 is 1.48. The van der Waals surface area contributed by atoms with E-state index in [1.54, 1.807) is 6.07 Å². The monoisotopic (exact) mass is 303 g/mol. The summed E-state index contributed by atoms with van der Waals surface area (Å²) < 4.78 is 5.78. The van der Waals surface area contributed by atoms with E-state index < -0.39 is 11.9 Å². The molecule has 3 rings (SSSR count). The highest BCUT2D eigenvalue weighted by molar-refractivity contribution is 7.13. The summed E-state index contributed by atoms with van der Waals surface area (Å²) in [5, 5.41) is 15.4. The number of carbonyl (C=O) groups is 2. The summed E-state index contributed by atoms with van der Waals surface area (Å²) in [4.78, 5) is 27.9. The van der Waals surface area contributed by atoms with Crippen molar-refractivity contribution in [3.8, 4) is 10.6 Å². The largest absolute Gasteiger partial charge is 0.477 e. The Morgan fingerprint density at radius 3 is 2.81 bits per heavy atom. The number of aromatic nitrogens is 3. The lowest BCUT2D eigenvalue weighted by Crippen LogP contribution is -2.12. The van der Waals surface area contributed by atoms with Crippen molar-refractivity contribution in [1.82, 2.24) is 14.6 Å². The van der Waals surface area contributed by atoms with Gasteiger partial charge in [-0.05, 0) is 11.4 Å². The van der Waals surface area contributed by atoms with E-state index in [0.29, 0.717) is 5.69 Å². The van der Waals surface area contributed by atoms with E-state index in [1.165, 1.54) is 23.0 Å². The highest BCUT2D eigenvalue weighted by Crippen LogP contribution is 2.24. The van der Waals surface area contributed by atoms with Gasteiger partial charge in [0.25, 0.3) is 0 Å². The average Bonchev–Trinajstić information content (AvgIpc) is 3.13. The first-order chi connectivity index (χ1) is 10.1. The SMILES string of the molecule is COC(=O)c1cc(C(=O)O)n2nc(-c3cccs3)cc2n1. The minimum absolute atomic E-state index is 0.0694. The lowest BCUT2D eigenvalue weighted by molar-refractivity contribution is 0.0594. The number of fused-ring (bicyclic) bond motifs is 1. The fraction of sp³-hybridized carbons (Fsp3) is 0.0769. The smallest absolute Gasteiger partial charge is 0.356 e. The Morgan fingerprint density at radius 2 is 2.19 bits per heavy atom. The van der Waals surface area contributed by atoms with Crippen LogP contribution in [-0.2, 0) is 4.74 Å². The van der Waals surface area contributed by atoms with Crippen molar-refractivity contribution in [2.75, 3.05) is 7.11 Å². The quantitative estimate of drug-likeness (QED) is 0.743. The number of carbonyl (C=O) groups excluding carboxylic acids is 1. The fourth-order valence-electron chi connectivity index (χ4n) is 1.88. The molecular formula is C13H9N3O4S. The first kappa shape index (κ1) is 13.3. The topological polar surface area (TPSA) is 93.8 Å². The molecule has 1 N–H and O–H groups in total. The van der Waals surface area contributed by atoms with Gasteiger partial charge >= 0.3 is 11.9 Å². The molecule has 7 nitrogen and oxygen atoms in total. The van der Waals surface area contributed by atoms with Gasteiger partial charge in [0.15, 0.2) is 17.0 Å². The first-order valence-corrected chi connectivity index (χ1v) is 6.74. The number of ether oxygens (including phenoxy) is 1. The molecule has 0 aromatic carbocycles. The van der Waals surface area contributed by atoms with Crippen LogP contribution in [0, 0.1) is 0 Å². The van der Waals surface area contributed by atoms with Crippen LogP contribution in [-0.4, -0.2) is 38.8 Å². The third kappa shape index (κ3) is 2.25. The molecule has 0 atom stereocenters. The van der Waals surface area contributed by atoms with Gasteiger partial charge in [0.2, 0.25) is 0 Å². The molecule has 3 aromatic rings. The standard InChI is InChI=1S/C13H9N3O4S/c1-20-13(19)8-5-9(12(17)18)16-11(14-8)6-7(15-16)10-3-2-4-21-10/h2-6H,1H3,(H,17,18). The number of rotatable bonds is 3. The molecule has 106 valence electrons. The number of nitrogens with zero attached hydrogens (tertiary/aromatic N) is 3. The lowest BCUT2D eigenvalue weighted by atomic mass is 10.3. The van der Waals surface area contributed by atoms with Crippen LogP contribution in [0.1, 0.15) is 21.0 Å². The Balaban J connectivity index is 2.25. The Bertz CT molecular complexity index is 839. The van der Waals surface area contributed by atoms with E-state index in [-0.39, 0.29) is 17.0 Å². The number of thiophene rings is 1. The Labute approximate surface area is 122 Å². The summed E-state index contributed by atoms with van der Waals surface area (Å²) in [6.45, 7) is 0. The van der Waals surface area contributed by atoms with Gasteiger partial charge in [-0.25, -0.2) is 19.1 Å². The predicted molar refractivity (Wildman–Crippen MR) is 74.6 cm³/mol. The van der Waals surface area contributed by atoms with Gasteiger partial charge in [-0.2, -0.15) is 5.10 Å². The molecule has 0 saturated carbocycles. The van der Waals surface area contributed by atoms with Crippen LogP contribution in [0.3, 0.4) is 0 Å². The van der Waals surface area contributed by atoms with Crippen LogP contribution in [0.25, 0.3) is 16.2 Å². The van der Waals surface area contributed by atoms with Gasteiger partial charge in [-0.1, -0.05) is 6.07 Å². The highest BCUT2D eigenvalue weighted by Gasteiger charge is 2.19. The van der Waals surface area contributed by atoms with Crippen LogP contribution < -0.4 is 0 Å². The van der Waals surface area contributed by atoms with Crippen molar-refractivity contribution in [3.63, 3.8) is 0 Å². The molecule has 0 bridgehead atoms. The number of methoxy groups -OCH3 is 1. The maximum Gasteiger partial charge on any atom is 0.356 e. The van der Waals surface area contributed by atoms with Crippen molar-refractivity contribution in [3.05, 3.63) is 41.0 Å². The van der Waals surface area contributed by atoms with Gasteiger partial charge in [-0.15, -0.1) is 11.3 Å². The molecule has 0 radical (unpaired) electrons. The van der Waals surface area contributed by atoms with E-state index in [1.807, 2.05) is 17.5 Å². The van der Waals surface area contributed by atoms with Crippen molar-refractivity contribution < 1.29 is 19.4 Å². The normalized spacial score (nSPS) is 10.7. The van der Waals surface area contributed by atoms with Gasteiger partial charge < -0.3 is 9.84 Å². The summed E-state index contributed by atoms with van der Waals surface area (Å²) in [6.07, 6.45) is 0. The van der Waals surface area contributed by atoms with Crippen molar-refractivity contribution in [2.45, 2.75) is 0 Å². The molecule has 0 saturated heterocycles. The first-order valence-electron chi connectivity index (χ1n) is 5.86. The Kier molecular flexibility index (Phi) is 3.15. The third-order valence-corrected chi connectivity index (χ3v) is 3.71. The number of carboxylic acids is 1. The van der Waals surface area contributed by atoms with E-state index in [9.17, 15) is 14.7 Å². The van der Waals surface area contributed by atoms with E-state index >= 15 is 0 Å².